The number of benzene rings is 2. The molecule has 1 heterocycles. The maximum atomic E-state index is 12.8. The molecule has 2 aromatic carbocycles. The lowest BCUT2D eigenvalue weighted by Gasteiger charge is -2.34. The van der Waals surface area contributed by atoms with E-state index in [0.717, 1.165) is 32.5 Å². The number of nitrogens with zero attached hydrogens (tertiary/aromatic N) is 2. The van der Waals surface area contributed by atoms with Crippen LogP contribution in [0.4, 0.5) is 0 Å². The van der Waals surface area contributed by atoms with Crippen molar-refractivity contribution in [2.75, 3.05) is 20.1 Å². The van der Waals surface area contributed by atoms with Crippen LogP contribution in [0.15, 0.2) is 54.6 Å². The van der Waals surface area contributed by atoms with Gasteiger partial charge in [0, 0.05) is 26.7 Å². The molecule has 0 aliphatic carbocycles. The van der Waals surface area contributed by atoms with E-state index in [4.69, 9.17) is 0 Å². The molecule has 2 aromatic rings. The third-order valence-electron chi connectivity index (χ3n) is 5.02. The molecular formula is C22H28N2O. The Morgan fingerprint density at radius 2 is 1.80 bits per heavy atom. The molecule has 1 atom stereocenters. The molecule has 1 aliphatic rings. The van der Waals surface area contributed by atoms with Gasteiger partial charge in [0.25, 0.3) is 0 Å². The van der Waals surface area contributed by atoms with E-state index < -0.39 is 0 Å². The van der Waals surface area contributed by atoms with Crippen molar-refractivity contribution >= 4 is 5.91 Å². The van der Waals surface area contributed by atoms with E-state index in [9.17, 15) is 4.79 Å². The molecule has 1 saturated heterocycles. The molecule has 132 valence electrons. The van der Waals surface area contributed by atoms with Crippen LogP contribution >= 0.6 is 0 Å². The molecule has 0 bridgehead atoms. The molecule has 1 aliphatic heterocycles. The number of amides is 1. The van der Waals surface area contributed by atoms with Crippen LogP contribution in [-0.4, -0.2) is 35.8 Å². The van der Waals surface area contributed by atoms with Crippen molar-refractivity contribution < 1.29 is 4.79 Å². The summed E-state index contributed by atoms with van der Waals surface area (Å²) in [4.78, 5) is 17.2. The second-order valence-corrected chi connectivity index (χ2v) is 7.24. The molecule has 25 heavy (non-hydrogen) atoms. The Morgan fingerprint density at radius 3 is 2.52 bits per heavy atom. The second kappa shape index (κ2) is 8.30. The van der Waals surface area contributed by atoms with E-state index >= 15 is 0 Å². The van der Waals surface area contributed by atoms with Gasteiger partial charge in [0.1, 0.15) is 0 Å². The number of carbonyl (C=O) groups excluding carboxylic acids is 1. The molecular weight excluding hydrogens is 308 g/mol. The lowest BCUT2D eigenvalue weighted by molar-refractivity contribution is -0.136. The first-order chi connectivity index (χ1) is 12.1. The van der Waals surface area contributed by atoms with Crippen LogP contribution in [0.25, 0.3) is 0 Å². The van der Waals surface area contributed by atoms with Gasteiger partial charge in [-0.25, -0.2) is 0 Å². The van der Waals surface area contributed by atoms with Gasteiger partial charge in [0.05, 0.1) is 5.92 Å². The average molecular weight is 336 g/mol. The molecule has 0 saturated carbocycles. The topological polar surface area (TPSA) is 23.6 Å². The highest BCUT2D eigenvalue weighted by molar-refractivity contribution is 5.78. The maximum absolute atomic E-state index is 12.8. The van der Waals surface area contributed by atoms with E-state index in [2.05, 4.69) is 48.2 Å². The number of carbonyl (C=O) groups is 1. The third kappa shape index (κ3) is 4.93. The fourth-order valence-electron chi connectivity index (χ4n) is 3.60. The highest BCUT2D eigenvalue weighted by atomic mass is 16.2. The highest BCUT2D eigenvalue weighted by Gasteiger charge is 2.27. The number of aryl methyl sites for hydroxylation is 1. The van der Waals surface area contributed by atoms with Crippen molar-refractivity contribution in [2.24, 2.45) is 5.92 Å². The largest absolute Gasteiger partial charge is 0.341 e. The van der Waals surface area contributed by atoms with Crippen LogP contribution < -0.4 is 0 Å². The Kier molecular flexibility index (Phi) is 5.87. The Morgan fingerprint density at radius 1 is 1.08 bits per heavy atom. The van der Waals surface area contributed by atoms with E-state index in [1.54, 1.807) is 0 Å². The van der Waals surface area contributed by atoms with Gasteiger partial charge >= 0.3 is 0 Å². The molecule has 1 amide bonds. The monoisotopic (exact) mass is 336 g/mol. The van der Waals surface area contributed by atoms with Gasteiger partial charge in [-0.3, -0.25) is 9.69 Å². The van der Waals surface area contributed by atoms with Crippen molar-refractivity contribution in [2.45, 2.75) is 32.9 Å². The summed E-state index contributed by atoms with van der Waals surface area (Å²) in [5, 5.41) is 0. The molecule has 1 fully saturated rings. The van der Waals surface area contributed by atoms with E-state index in [1.165, 1.54) is 16.7 Å². The molecule has 0 N–H and O–H groups in total. The van der Waals surface area contributed by atoms with E-state index in [1.807, 2.05) is 30.1 Å². The van der Waals surface area contributed by atoms with Crippen molar-refractivity contribution in [3.05, 3.63) is 71.3 Å². The number of hydrogen-bond acceptors (Lipinski definition) is 2. The summed E-state index contributed by atoms with van der Waals surface area (Å²) in [7, 11) is 1.92. The van der Waals surface area contributed by atoms with Crippen molar-refractivity contribution in [3.8, 4) is 0 Å². The van der Waals surface area contributed by atoms with Crippen molar-refractivity contribution in [3.63, 3.8) is 0 Å². The normalized spacial score (nSPS) is 18.1. The number of piperidine rings is 1. The molecule has 0 aromatic heterocycles. The van der Waals surface area contributed by atoms with Gasteiger partial charge in [0.15, 0.2) is 0 Å². The van der Waals surface area contributed by atoms with E-state index in [-0.39, 0.29) is 11.8 Å². The first-order valence-corrected chi connectivity index (χ1v) is 9.18. The molecule has 1 unspecified atom stereocenters. The van der Waals surface area contributed by atoms with Gasteiger partial charge in [0.2, 0.25) is 5.91 Å². The Bertz CT molecular complexity index is 681. The fraction of sp³-hybridized carbons (Fsp3) is 0.409. The SMILES string of the molecule is Cc1ccc(CN2CCCC(C(=O)N(C)Cc3ccccc3)C2)cc1. The molecule has 0 radical (unpaired) electrons. The summed E-state index contributed by atoms with van der Waals surface area (Å²) in [5.74, 6) is 0.394. The average Bonchev–Trinajstić information content (AvgIpc) is 2.64. The predicted molar refractivity (Wildman–Crippen MR) is 102 cm³/mol. The first kappa shape index (κ1) is 17.7. The van der Waals surface area contributed by atoms with Crippen molar-refractivity contribution in [1.29, 1.82) is 0 Å². The van der Waals surface area contributed by atoms with Crippen molar-refractivity contribution in [1.82, 2.24) is 9.80 Å². The highest BCUT2D eigenvalue weighted by Crippen LogP contribution is 2.21. The quantitative estimate of drug-likeness (QED) is 0.827. The number of hydrogen-bond donors (Lipinski definition) is 0. The van der Waals surface area contributed by atoms with Gasteiger partial charge in [-0.2, -0.15) is 0 Å². The lowest BCUT2D eigenvalue weighted by atomic mass is 9.96. The fourth-order valence-corrected chi connectivity index (χ4v) is 3.60. The van der Waals surface area contributed by atoms with Gasteiger partial charge in [-0.1, -0.05) is 60.2 Å². The third-order valence-corrected chi connectivity index (χ3v) is 5.02. The predicted octanol–water partition coefficient (Wildman–Crippen LogP) is 3.87. The first-order valence-electron chi connectivity index (χ1n) is 9.18. The number of rotatable bonds is 5. The Balaban J connectivity index is 1.56. The summed E-state index contributed by atoms with van der Waals surface area (Å²) in [6.07, 6.45) is 2.10. The van der Waals surface area contributed by atoms with Crippen LogP contribution in [0.5, 0.6) is 0 Å². The van der Waals surface area contributed by atoms with Crippen LogP contribution in [0.1, 0.15) is 29.5 Å². The zero-order valence-electron chi connectivity index (χ0n) is 15.3. The van der Waals surface area contributed by atoms with E-state index in [0.29, 0.717) is 6.54 Å². The lowest BCUT2D eigenvalue weighted by Crippen LogP contribution is -2.43. The number of likely N-dealkylation sites (tertiary alicyclic amines) is 1. The minimum Gasteiger partial charge on any atom is -0.341 e. The molecule has 3 heteroatoms. The second-order valence-electron chi connectivity index (χ2n) is 7.24. The standard InChI is InChI=1S/C22H28N2O/c1-18-10-12-20(13-11-18)16-24-14-6-9-21(17-24)22(25)23(2)15-19-7-4-3-5-8-19/h3-5,7-8,10-13,21H,6,9,14-17H2,1-2H3. The zero-order valence-corrected chi connectivity index (χ0v) is 15.3. The summed E-state index contributed by atoms with van der Waals surface area (Å²) in [6.45, 7) is 5.69. The summed E-state index contributed by atoms with van der Waals surface area (Å²) in [6, 6.07) is 18.9. The van der Waals surface area contributed by atoms with Gasteiger partial charge in [-0.05, 0) is 37.4 Å². The zero-order chi connectivity index (χ0) is 17.6. The Hall–Kier alpha value is -2.13. The Labute approximate surface area is 151 Å². The minimum absolute atomic E-state index is 0.118. The van der Waals surface area contributed by atoms with Crippen LogP contribution in [0.2, 0.25) is 0 Å². The maximum Gasteiger partial charge on any atom is 0.227 e. The van der Waals surface area contributed by atoms with Crippen LogP contribution in [0.3, 0.4) is 0 Å². The molecule has 0 spiro atoms. The van der Waals surface area contributed by atoms with Crippen LogP contribution in [-0.2, 0) is 17.9 Å². The molecule has 3 nitrogen and oxygen atoms in total. The van der Waals surface area contributed by atoms with Gasteiger partial charge in [-0.15, -0.1) is 0 Å². The summed E-state index contributed by atoms with van der Waals surface area (Å²) < 4.78 is 0. The minimum atomic E-state index is 0.118. The van der Waals surface area contributed by atoms with Gasteiger partial charge < -0.3 is 4.90 Å². The summed E-state index contributed by atoms with van der Waals surface area (Å²) >= 11 is 0. The van der Waals surface area contributed by atoms with Crippen LogP contribution in [0, 0.1) is 12.8 Å². The summed E-state index contributed by atoms with van der Waals surface area (Å²) in [5.41, 5.74) is 3.81. The molecule has 3 rings (SSSR count). The smallest absolute Gasteiger partial charge is 0.227 e.